The minimum absolute atomic E-state index is 0.00448. The number of nitrogens with zero attached hydrogens (tertiary/aromatic N) is 2. The molecule has 2 aromatic carbocycles. The number of para-hydroxylation sites is 2. The zero-order valence-corrected chi connectivity index (χ0v) is 16.0. The number of hydrogen-bond acceptors (Lipinski definition) is 4. The third kappa shape index (κ3) is 3.19. The standard InChI is InChI=1S/C21H22N2O2S/c1-21(2,3)15-8-4-6-10-17(15)25-14-12-23(13-14)20(24)19-22-16-9-5-7-11-18(16)26-19/h4-11,14H,12-13H2,1-3H3. The molecule has 1 aromatic heterocycles. The van der Waals surface area contributed by atoms with Crippen LogP contribution in [0, 0.1) is 0 Å². The van der Waals surface area contributed by atoms with Crippen LogP contribution in [-0.4, -0.2) is 35.0 Å². The van der Waals surface area contributed by atoms with Gasteiger partial charge in [0, 0.05) is 0 Å². The van der Waals surface area contributed by atoms with Crippen molar-refractivity contribution >= 4 is 27.5 Å². The second-order valence-corrected chi connectivity index (χ2v) is 8.71. The molecule has 4 rings (SSSR count). The highest BCUT2D eigenvalue weighted by Crippen LogP contribution is 2.33. The first kappa shape index (κ1) is 17.0. The molecule has 0 atom stereocenters. The monoisotopic (exact) mass is 366 g/mol. The van der Waals surface area contributed by atoms with Gasteiger partial charge in [0.2, 0.25) is 0 Å². The lowest BCUT2D eigenvalue weighted by Gasteiger charge is -2.39. The van der Waals surface area contributed by atoms with Gasteiger partial charge in [-0.2, -0.15) is 0 Å². The number of fused-ring (bicyclic) bond motifs is 1. The summed E-state index contributed by atoms with van der Waals surface area (Å²) in [7, 11) is 0. The summed E-state index contributed by atoms with van der Waals surface area (Å²) in [5, 5.41) is 0.555. The molecule has 0 bridgehead atoms. The highest BCUT2D eigenvalue weighted by molar-refractivity contribution is 7.20. The van der Waals surface area contributed by atoms with Crippen LogP contribution in [0.2, 0.25) is 0 Å². The molecule has 1 aliphatic rings. The van der Waals surface area contributed by atoms with Gasteiger partial charge in [-0.05, 0) is 29.2 Å². The summed E-state index contributed by atoms with van der Waals surface area (Å²) in [6.45, 7) is 7.75. The lowest BCUT2D eigenvalue weighted by molar-refractivity contribution is 0.0171. The number of carbonyl (C=O) groups excluding carboxylic acids is 1. The van der Waals surface area contributed by atoms with Gasteiger partial charge in [0.15, 0.2) is 5.01 Å². The Labute approximate surface area is 157 Å². The smallest absolute Gasteiger partial charge is 0.283 e. The van der Waals surface area contributed by atoms with Crippen molar-refractivity contribution in [1.29, 1.82) is 0 Å². The first-order valence-corrected chi connectivity index (χ1v) is 9.64. The van der Waals surface area contributed by atoms with E-state index >= 15 is 0 Å². The van der Waals surface area contributed by atoms with Crippen LogP contribution in [-0.2, 0) is 5.41 Å². The maximum Gasteiger partial charge on any atom is 0.283 e. The SMILES string of the molecule is CC(C)(C)c1ccccc1OC1CN(C(=O)c2nc3ccccc3s2)C1. The van der Waals surface area contributed by atoms with Crippen molar-refractivity contribution in [3.05, 3.63) is 59.1 Å². The Hall–Kier alpha value is -2.40. The van der Waals surface area contributed by atoms with Crippen LogP contribution in [0.15, 0.2) is 48.5 Å². The largest absolute Gasteiger partial charge is 0.486 e. The first-order chi connectivity index (χ1) is 12.4. The van der Waals surface area contributed by atoms with Crippen LogP contribution < -0.4 is 4.74 Å². The summed E-state index contributed by atoms with van der Waals surface area (Å²) in [6, 6.07) is 16.0. The van der Waals surface area contributed by atoms with Crippen molar-refractivity contribution < 1.29 is 9.53 Å². The molecule has 2 heterocycles. The van der Waals surface area contributed by atoms with Gasteiger partial charge >= 0.3 is 0 Å². The number of likely N-dealkylation sites (tertiary alicyclic amines) is 1. The van der Waals surface area contributed by atoms with Crippen molar-refractivity contribution in [2.24, 2.45) is 0 Å². The molecule has 0 saturated carbocycles. The van der Waals surface area contributed by atoms with Crippen molar-refractivity contribution in [3.63, 3.8) is 0 Å². The summed E-state index contributed by atoms with van der Waals surface area (Å²) in [5.41, 5.74) is 2.10. The Balaban J connectivity index is 1.42. The van der Waals surface area contributed by atoms with Gasteiger partial charge in [-0.25, -0.2) is 4.98 Å². The molecule has 5 heteroatoms. The Kier molecular flexibility index (Phi) is 4.19. The minimum Gasteiger partial charge on any atom is -0.486 e. The predicted molar refractivity (Wildman–Crippen MR) is 105 cm³/mol. The summed E-state index contributed by atoms with van der Waals surface area (Å²) in [4.78, 5) is 18.9. The lowest BCUT2D eigenvalue weighted by atomic mass is 9.86. The van der Waals surface area contributed by atoms with Crippen molar-refractivity contribution in [2.75, 3.05) is 13.1 Å². The fourth-order valence-corrected chi connectivity index (χ4v) is 4.08. The molecule has 0 unspecified atom stereocenters. The van der Waals surface area contributed by atoms with Crippen molar-refractivity contribution in [2.45, 2.75) is 32.3 Å². The number of thiazole rings is 1. The van der Waals surface area contributed by atoms with E-state index in [1.807, 2.05) is 47.4 Å². The average molecular weight is 366 g/mol. The van der Waals surface area contributed by atoms with E-state index in [2.05, 4.69) is 31.8 Å². The summed E-state index contributed by atoms with van der Waals surface area (Å²) >= 11 is 1.45. The second kappa shape index (κ2) is 6.40. The van der Waals surface area contributed by atoms with Gasteiger partial charge < -0.3 is 9.64 Å². The molecule has 1 fully saturated rings. The van der Waals surface area contributed by atoms with Gasteiger partial charge in [0.25, 0.3) is 5.91 Å². The minimum atomic E-state index is -0.00448. The molecule has 0 N–H and O–H groups in total. The van der Waals surface area contributed by atoms with Crippen molar-refractivity contribution in [1.82, 2.24) is 9.88 Å². The van der Waals surface area contributed by atoms with Crippen molar-refractivity contribution in [3.8, 4) is 5.75 Å². The molecule has 0 aliphatic carbocycles. The Bertz CT molecular complexity index is 919. The predicted octanol–water partition coefficient (Wildman–Crippen LogP) is 4.50. The normalized spacial score (nSPS) is 15.1. The van der Waals surface area contributed by atoms with E-state index in [1.165, 1.54) is 16.9 Å². The third-order valence-electron chi connectivity index (χ3n) is 4.60. The molecule has 134 valence electrons. The Morgan fingerprint density at radius 1 is 1.12 bits per heavy atom. The zero-order chi connectivity index (χ0) is 18.3. The van der Waals surface area contributed by atoms with Gasteiger partial charge in [0.05, 0.1) is 23.3 Å². The zero-order valence-electron chi connectivity index (χ0n) is 15.2. The topological polar surface area (TPSA) is 42.4 Å². The van der Waals surface area contributed by atoms with E-state index in [0.29, 0.717) is 18.1 Å². The highest BCUT2D eigenvalue weighted by Gasteiger charge is 2.35. The molecule has 26 heavy (non-hydrogen) atoms. The second-order valence-electron chi connectivity index (χ2n) is 7.68. The number of amides is 1. The highest BCUT2D eigenvalue weighted by atomic mass is 32.1. The van der Waals surface area contributed by atoms with E-state index in [-0.39, 0.29) is 17.4 Å². The number of carbonyl (C=O) groups is 1. The van der Waals surface area contributed by atoms with Crippen LogP contribution in [0.3, 0.4) is 0 Å². The molecule has 1 saturated heterocycles. The molecule has 0 spiro atoms. The maximum absolute atomic E-state index is 12.6. The van der Waals surface area contributed by atoms with E-state index in [1.54, 1.807) is 0 Å². The number of benzene rings is 2. The third-order valence-corrected chi connectivity index (χ3v) is 5.63. The maximum atomic E-state index is 12.6. The van der Waals surface area contributed by atoms with Crippen LogP contribution in [0.5, 0.6) is 5.75 Å². The molecular weight excluding hydrogens is 344 g/mol. The number of aromatic nitrogens is 1. The Morgan fingerprint density at radius 2 is 1.81 bits per heavy atom. The average Bonchev–Trinajstić information content (AvgIpc) is 3.01. The molecule has 1 amide bonds. The van der Waals surface area contributed by atoms with E-state index in [0.717, 1.165) is 16.0 Å². The van der Waals surface area contributed by atoms with E-state index < -0.39 is 0 Å². The van der Waals surface area contributed by atoms with Gasteiger partial charge in [0.1, 0.15) is 11.9 Å². The fourth-order valence-electron chi connectivity index (χ4n) is 3.15. The van der Waals surface area contributed by atoms with E-state index in [9.17, 15) is 4.79 Å². The molecule has 0 radical (unpaired) electrons. The number of rotatable bonds is 3. The van der Waals surface area contributed by atoms with Crippen LogP contribution in [0.4, 0.5) is 0 Å². The van der Waals surface area contributed by atoms with Crippen LogP contribution in [0.1, 0.15) is 36.1 Å². The molecule has 3 aromatic rings. The number of hydrogen-bond donors (Lipinski definition) is 0. The van der Waals surface area contributed by atoms with Gasteiger partial charge in [-0.15, -0.1) is 11.3 Å². The molecular formula is C21H22N2O2S. The summed E-state index contributed by atoms with van der Waals surface area (Å²) < 4.78 is 7.22. The van der Waals surface area contributed by atoms with Crippen LogP contribution in [0.25, 0.3) is 10.2 Å². The first-order valence-electron chi connectivity index (χ1n) is 8.83. The molecule has 4 nitrogen and oxygen atoms in total. The van der Waals surface area contributed by atoms with Gasteiger partial charge in [-0.3, -0.25) is 4.79 Å². The quantitative estimate of drug-likeness (QED) is 0.685. The van der Waals surface area contributed by atoms with E-state index in [4.69, 9.17) is 4.74 Å². The molecule has 1 aliphatic heterocycles. The lowest BCUT2D eigenvalue weighted by Crippen LogP contribution is -2.56. The number of ether oxygens (including phenoxy) is 1. The summed E-state index contributed by atoms with van der Waals surface area (Å²) in [5.74, 6) is 0.909. The van der Waals surface area contributed by atoms with Gasteiger partial charge in [-0.1, -0.05) is 51.1 Å². The fraction of sp³-hybridized carbons (Fsp3) is 0.333. The van der Waals surface area contributed by atoms with Crippen LogP contribution >= 0.6 is 11.3 Å². The Morgan fingerprint density at radius 3 is 2.54 bits per heavy atom. The summed E-state index contributed by atoms with van der Waals surface area (Å²) in [6.07, 6.45) is 0.0387.